The Balaban J connectivity index is 1.43. The molecule has 3 aliphatic rings. The van der Waals surface area contributed by atoms with E-state index in [9.17, 15) is 4.79 Å². The summed E-state index contributed by atoms with van der Waals surface area (Å²) < 4.78 is 0. The molecule has 1 aromatic heterocycles. The largest absolute Gasteiger partial charge is 0.356 e. The van der Waals surface area contributed by atoms with E-state index in [2.05, 4.69) is 46.4 Å². The first-order chi connectivity index (χ1) is 13.2. The lowest BCUT2D eigenvalue weighted by atomic mass is 10.2. The summed E-state index contributed by atoms with van der Waals surface area (Å²) in [7, 11) is 2.09. The van der Waals surface area contributed by atoms with Crippen LogP contribution in [0.1, 0.15) is 21.1 Å². The Morgan fingerprint density at radius 1 is 1.15 bits per heavy atom. The maximum absolute atomic E-state index is 12.9. The number of anilines is 2. The molecule has 0 saturated carbocycles. The summed E-state index contributed by atoms with van der Waals surface area (Å²) in [6.45, 7) is 4.75. The van der Waals surface area contributed by atoms with E-state index >= 15 is 0 Å². The summed E-state index contributed by atoms with van der Waals surface area (Å²) in [5, 5.41) is 4.79. The number of fused-ring (bicyclic) bond motifs is 2. The van der Waals surface area contributed by atoms with Crippen molar-refractivity contribution in [1.82, 2.24) is 14.8 Å². The molecule has 27 heavy (non-hydrogen) atoms. The maximum Gasteiger partial charge on any atom is 0.283 e. The zero-order valence-electron chi connectivity index (χ0n) is 15.3. The number of para-hydroxylation sites is 1. The minimum Gasteiger partial charge on any atom is -0.356 e. The van der Waals surface area contributed by atoms with Gasteiger partial charge in [0.05, 0.1) is 0 Å². The molecule has 2 aromatic rings. The summed E-state index contributed by atoms with van der Waals surface area (Å²) in [6.07, 6.45) is 1.01. The smallest absolute Gasteiger partial charge is 0.283 e. The molecule has 3 aliphatic heterocycles. The average Bonchev–Trinajstić information content (AvgIpc) is 3.32. The second-order valence-corrected chi connectivity index (χ2v) is 8.14. The Kier molecular flexibility index (Phi) is 4.09. The van der Waals surface area contributed by atoms with Gasteiger partial charge in [-0.15, -0.1) is 0 Å². The van der Waals surface area contributed by atoms with Crippen LogP contribution in [0.15, 0.2) is 29.3 Å². The van der Waals surface area contributed by atoms with E-state index in [4.69, 9.17) is 9.98 Å². The van der Waals surface area contributed by atoms with Crippen LogP contribution in [0.2, 0.25) is 0 Å². The van der Waals surface area contributed by atoms with Crippen LogP contribution in [0.4, 0.5) is 10.7 Å². The maximum atomic E-state index is 12.9. The summed E-state index contributed by atoms with van der Waals surface area (Å²) in [5.74, 6) is 0.910. The van der Waals surface area contributed by atoms with Crippen LogP contribution in [0.3, 0.4) is 0 Å². The summed E-state index contributed by atoms with van der Waals surface area (Å²) in [4.78, 5) is 28.7. The minimum absolute atomic E-state index is 0.0328. The molecule has 1 N–H and O–H groups in total. The SMILES string of the molecule is CN1CCN(C(=O)c2nc3c(s2)NCN=C3N2CCc3ccccc32)CC1. The highest BCUT2D eigenvalue weighted by atomic mass is 32.1. The summed E-state index contributed by atoms with van der Waals surface area (Å²) in [5.41, 5.74) is 3.34. The number of rotatable bonds is 1. The second-order valence-electron chi connectivity index (χ2n) is 7.14. The molecular formula is C19H22N6OS. The summed E-state index contributed by atoms with van der Waals surface area (Å²) in [6, 6.07) is 8.44. The number of thiazole rings is 1. The molecule has 0 atom stereocenters. The van der Waals surface area contributed by atoms with E-state index in [0.29, 0.717) is 11.7 Å². The van der Waals surface area contributed by atoms with Gasteiger partial charge in [-0.25, -0.2) is 9.98 Å². The Labute approximate surface area is 162 Å². The number of nitrogens with one attached hydrogen (secondary N) is 1. The zero-order chi connectivity index (χ0) is 18.4. The second kappa shape index (κ2) is 6.61. The highest BCUT2D eigenvalue weighted by Crippen LogP contribution is 2.34. The van der Waals surface area contributed by atoms with Crippen molar-refractivity contribution in [2.24, 2.45) is 4.99 Å². The fourth-order valence-electron chi connectivity index (χ4n) is 3.86. The van der Waals surface area contributed by atoms with Crippen LogP contribution >= 0.6 is 11.3 Å². The minimum atomic E-state index is 0.0328. The van der Waals surface area contributed by atoms with E-state index < -0.39 is 0 Å². The molecule has 4 heterocycles. The molecule has 140 valence electrons. The van der Waals surface area contributed by atoms with Gasteiger partial charge in [0.15, 0.2) is 10.8 Å². The fourth-order valence-corrected chi connectivity index (χ4v) is 4.78. The molecule has 7 nitrogen and oxygen atoms in total. The van der Waals surface area contributed by atoms with Crippen LogP contribution < -0.4 is 10.2 Å². The molecule has 0 unspecified atom stereocenters. The normalized spacial score (nSPS) is 19.4. The number of aliphatic imine (C=N–C) groups is 1. The quantitative estimate of drug-likeness (QED) is 0.814. The zero-order valence-corrected chi connectivity index (χ0v) is 16.1. The number of carbonyl (C=O) groups is 1. The Hall–Kier alpha value is -2.45. The van der Waals surface area contributed by atoms with Crippen molar-refractivity contribution in [2.75, 3.05) is 56.7 Å². The molecule has 1 amide bonds. The van der Waals surface area contributed by atoms with E-state index in [1.807, 2.05) is 4.90 Å². The van der Waals surface area contributed by atoms with Crippen LogP contribution in [0, 0.1) is 0 Å². The van der Waals surface area contributed by atoms with Gasteiger partial charge >= 0.3 is 0 Å². The molecule has 0 spiro atoms. The van der Waals surface area contributed by atoms with Gasteiger partial charge in [-0.3, -0.25) is 4.79 Å². The third-order valence-corrected chi connectivity index (χ3v) is 6.42. The number of piperazine rings is 1. The Morgan fingerprint density at radius 3 is 2.81 bits per heavy atom. The lowest BCUT2D eigenvalue weighted by Crippen LogP contribution is -2.47. The third-order valence-electron chi connectivity index (χ3n) is 5.42. The van der Waals surface area contributed by atoms with Crippen LogP contribution in [0.25, 0.3) is 0 Å². The lowest BCUT2D eigenvalue weighted by molar-refractivity contribution is 0.0663. The number of carbonyl (C=O) groups excluding carboxylic acids is 1. The van der Waals surface area contributed by atoms with Crippen molar-refractivity contribution in [1.29, 1.82) is 0 Å². The predicted octanol–water partition coefficient (Wildman–Crippen LogP) is 1.72. The molecule has 5 rings (SSSR count). The summed E-state index contributed by atoms with van der Waals surface area (Å²) >= 11 is 1.45. The van der Waals surface area contributed by atoms with Gasteiger partial charge in [0.2, 0.25) is 0 Å². The molecule has 0 bridgehead atoms. The molecule has 1 aromatic carbocycles. The first-order valence-electron chi connectivity index (χ1n) is 9.33. The highest BCUT2D eigenvalue weighted by molar-refractivity contribution is 7.18. The first-order valence-corrected chi connectivity index (χ1v) is 10.1. The van der Waals surface area contributed by atoms with Crippen molar-refractivity contribution in [3.8, 4) is 0 Å². The number of hydrogen-bond donors (Lipinski definition) is 1. The number of likely N-dealkylation sites (N-methyl/N-ethyl adjacent to an activating group) is 1. The standard InChI is InChI=1S/C19H22N6OS/c1-23-8-10-24(11-9-23)19(26)18-22-15-16(20-12-21-17(15)27-18)25-7-6-13-4-2-3-5-14(13)25/h2-5,21H,6-12H2,1H3. The first kappa shape index (κ1) is 16.7. The number of nitrogens with zero attached hydrogens (tertiary/aromatic N) is 5. The monoisotopic (exact) mass is 382 g/mol. The molecule has 0 aliphatic carbocycles. The van der Waals surface area contributed by atoms with Crippen LogP contribution in [-0.2, 0) is 6.42 Å². The molecule has 1 fully saturated rings. The third kappa shape index (κ3) is 2.89. The fraction of sp³-hybridized carbons (Fsp3) is 0.421. The van der Waals surface area contributed by atoms with Crippen LogP contribution in [0.5, 0.6) is 0 Å². The van der Waals surface area contributed by atoms with Gasteiger partial charge < -0.3 is 20.0 Å². The topological polar surface area (TPSA) is 64.1 Å². The van der Waals surface area contributed by atoms with Gasteiger partial charge in [-0.05, 0) is 25.1 Å². The van der Waals surface area contributed by atoms with Gasteiger partial charge in [0.1, 0.15) is 17.4 Å². The molecular weight excluding hydrogens is 360 g/mol. The Bertz CT molecular complexity index is 915. The molecule has 8 heteroatoms. The van der Waals surface area contributed by atoms with E-state index in [1.54, 1.807) is 0 Å². The van der Waals surface area contributed by atoms with Crippen molar-refractivity contribution >= 4 is 33.8 Å². The van der Waals surface area contributed by atoms with Gasteiger partial charge in [-0.2, -0.15) is 0 Å². The van der Waals surface area contributed by atoms with E-state index in [1.165, 1.54) is 22.6 Å². The molecule has 1 saturated heterocycles. The molecule has 0 radical (unpaired) electrons. The van der Waals surface area contributed by atoms with E-state index in [0.717, 1.165) is 55.7 Å². The van der Waals surface area contributed by atoms with Crippen molar-refractivity contribution < 1.29 is 4.79 Å². The predicted molar refractivity (Wildman–Crippen MR) is 108 cm³/mol. The number of amides is 1. The lowest BCUT2D eigenvalue weighted by Gasteiger charge is -2.31. The van der Waals surface area contributed by atoms with Gasteiger partial charge in [-0.1, -0.05) is 29.5 Å². The number of aromatic nitrogens is 1. The Morgan fingerprint density at radius 2 is 1.96 bits per heavy atom. The average molecular weight is 382 g/mol. The van der Waals surface area contributed by atoms with Gasteiger partial charge in [0.25, 0.3) is 5.91 Å². The van der Waals surface area contributed by atoms with Gasteiger partial charge in [0, 0.05) is 38.4 Å². The van der Waals surface area contributed by atoms with Crippen molar-refractivity contribution in [3.63, 3.8) is 0 Å². The number of amidine groups is 1. The van der Waals surface area contributed by atoms with Crippen molar-refractivity contribution in [2.45, 2.75) is 6.42 Å². The van der Waals surface area contributed by atoms with Crippen molar-refractivity contribution in [3.05, 3.63) is 40.5 Å². The highest BCUT2D eigenvalue weighted by Gasteiger charge is 2.31. The number of hydrogen-bond acceptors (Lipinski definition) is 7. The van der Waals surface area contributed by atoms with Crippen LogP contribution in [-0.4, -0.2) is 73.0 Å². The number of benzene rings is 1. The van der Waals surface area contributed by atoms with E-state index in [-0.39, 0.29) is 5.91 Å².